The number of amides is 1. The molecule has 5 nitrogen and oxygen atoms in total. The first-order chi connectivity index (χ1) is 8.68. The van der Waals surface area contributed by atoms with Crippen molar-refractivity contribution in [1.29, 1.82) is 0 Å². The number of carboxylic acid groups (broad SMARTS) is 1. The van der Waals surface area contributed by atoms with Crippen molar-refractivity contribution in [3.8, 4) is 0 Å². The molecule has 0 radical (unpaired) electrons. The van der Waals surface area contributed by atoms with E-state index in [1.54, 1.807) is 6.07 Å². The first-order valence-corrected chi connectivity index (χ1v) is 7.12. The summed E-state index contributed by atoms with van der Waals surface area (Å²) in [6, 6.07) is 3.37. The molecule has 2 aliphatic rings. The highest BCUT2D eigenvalue weighted by molar-refractivity contribution is 7.99. The molecule has 0 aromatic carbocycles. The van der Waals surface area contributed by atoms with Crippen LogP contribution >= 0.6 is 11.8 Å². The molecule has 1 saturated carbocycles. The summed E-state index contributed by atoms with van der Waals surface area (Å²) in [6.07, 6.45) is 4.11. The lowest BCUT2D eigenvalue weighted by Gasteiger charge is -2.21. The fourth-order valence-corrected chi connectivity index (χ4v) is 3.39. The van der Waals surface area contributed by atoms with Gasteiger partial charge in [-0.1, -0.05) is 0 Å². The van der Waals surface area contributed by atoms with E-state index in [2.05, 4.69) is 0 Å². The summed E-state index contributed by atoms with van der Waals surface area (Å²) in [4.78, 5) is 25.0. The lowest BCUT2D eigenvalue weighted by molar-refractivity contribution is -0.140. The van der Waals surface area contributed by atoms with Gasteiger partial charge in [-0.2, -0.15) is 0 Å². The van der Waals surface area contributed by atoms with Gasteiger partial charge in [0, 0.05) is 18.0 Å². The van der Waals surface area contributed by atoms with Crippen LogP contribution in [0.25, 0.3) is 0 Å². The smallest absolute Gasteiger partial charge is 0.327 e. The molecule has 1 aromatic rings. The Bertz CT molecular complexity index is 495. The molecule has 0 unspecified atom stereocenters. The zero-order valence-electron chi connectivity index (χ0n) is 9.78. The van der Waals surface area contributed by atoms with Crippen LogP contribution in [0.15, 0.2) is 18.3 Å². The van der Waals surface area contributed by atoms with Crippen molar-refractivity contribution in [2.24, 2.45) is 0 Å². The van der Waals surface area contributed by atoms with Crippen molar-refractivity contribution in [3.05, 3.63) is 24.0 Å². The number of aromatic nitrogens is 1. The SMILES string of the molecule is O=C(O)[C@@H]1CSCN1C(=O)c1cccn1C1CC1. The lowest BCUT2D eigenvalue weighted by Crippen LogP contribution is -2.42. The third kappa shape index (κ3) is 1.90. The molecule has 2 fully saturated rings. The normalized spacial score (nSPS) is 23.3. The Kier molecular flexibility index (Phi) is 2.81. The minimum absolute atomic E-state index is 0.163. The monoisotopic (exact) mass is 266 g/mol. The molecule has 96 valence electrons. The van der Waals surface area contributed by atoms with E-state index in [4.69, 9.17) is 5.11 Å². The summed E-state index contributed by atoms with van der Waals surface area (Å²) in [6.45, 7) is 0. The van der Waals surface area contributed by atoms with Crippen molar-refractivity contribution in [2.45, 2.75) is 24.9 Å². The second kappa shape index (κ2) is 4.35. The van der Waals surface area contributed by atoms with E-state index in [0.717, 1.165) is 12.8 Å². The maximum atomic E-state index is 12.4. The Morgan fingerprint density at radius 2 is 2.17 bits per heavy atom. The number of rotatable bonds is 3. The van der Waals surface area contributed by atoms with E-state index < -0.39 is 12.0 Å². The van der Waals surface area contributed by atoms with Gasteiger partial charge in [-0.05, 0) is 25.0 Å². The van der Waals surface area contributed by atoms with E-state index >= 15 is 0 Å². The van der Waals surface area contributed by atoms with Crippen LogP contribution in [-0.2, 0) is 4.79 Å². The molecule has 1 aromatic heterocycles. The van der Waals surface area contributed by atoms with Crippen LogP contribution in [0.2, 0.25) is 0 Å². The minimum Gasteiger partial charge on any atom is -0.480 e. The summed E-state index contributed by atoms with van der Waals surface area (Å²) in [5.74, 6) is -0.140. The highest BCUT2D eigenvalue weighted by Crippen LogP contribution is 2.36. The Morgan fingerprint density at radius 3 is 2.83 bits per heavy atom. The lowest BCUT2D eigenvalue weighted by atomic mass is 10.2. The Balaban J connectivity index is 1.85. The zero-order chi connectivity index (χ0) is 12.7. The van der Waals surface area contributed by atoms with Crippen LogP contribution in [0.1, 0.15) is 29.4 Å². The maximum Gasteiger partial charge on any atom is 0.327 e. The topological polar surface area (TPSA) is 62.5 Å². The van der Waals surface area contributed by atoms with Gasteiger partial charge in [0.1, 0.15) is 11.7 Å². The largest absolute Gasteiger partial charge is 0.480 e. The van der Waals surface area contributed by atoms with E-state index in [0.29, 0.717) is 23.4 Å². The molecule has 1 aliphatic carbocycles. The van der Waals surface area contributed by atoms with E-state index in [1.807, 2.05) is 16.8 Å². The second-order valence-electron chi connectivity index (χ2n) is 4.66. The average Bonchev–Trinajstić information content (AvgIpc) is 2.92. The third-order valence-corrected chi connectivity index (χ3v) is 4.38. The minimum atomic E-state index is -0.919. The molecule has 3 rings (SSSR count). The quantitative estimate of drug-likeness (QED) is 0.898. The fourth-order valence-electron chi connectivity index (χ4n) is 2.24. The maximum absolute atomic E-state index is 12.4. The van der Waals surface area contributed by atoms with Crippen molar-refractivity contribution < 1.29 is 14.7 Å². The van der Waals surface area contributed by atoms with Crippen LogP contribution in [0, 0.1) is 0 Å². The average molecular weight is 266 g/mol. The van der Waals surface area contributed by atoms with Crippen LogP contribution in [-0.4, -0.2) is 44.1 Å². The molecule has 2 heterocycles. The number of carbonyl (C=O) groups is 2. The second-order valence-corrected chi connectivity index (χ2v) is 5.66. The van der Waals surface area contributed by atoms with Crippen LogP contribution in [0.4, 0.5) is 0 Å². The summed E-state index contributed by atoms with van der Waals surface area (Å²) in [7, 11) is 0. The van der Waals surface area contributed by atoms with Gasteiger partial charge in [-0.15, -0.1) is 11.8 Å². The van der Waals surface area contributed by atoms with Gasteiger partial charge in [0.2, 0.25) is 0 Å². The van der Waals surface area contributed by atoms with E-state index in [9.17, 15) is 9.59 Å². The number of carbonyl (C=O) groups excluding carboxylic acids is 1. The molecular formula is C12H14N2O3S. The van der Waals surface area contributed by atoms with Crippen LogP contribution in [0.3, 0.4) is 0 Å². The number of nitrogens with zero attached hydrogens (tertiary/aromatic N) is 2. The number of aliphatic carboxylic acids is 1. The van der Waals surface area contributed by atoms with Gasteiger partial charge < -0.3 is 14.6 Å². The fraction of sp³-hybridized carbons (Fsp3) is 0.500. The summed E-state index contributed by atoms with van der Waals surface area (Å²) < 4.78 is 1.98. The Morgan fingerprint density at radius 1 is 1.39 bits per heavy atom. The molecule has 1 amide bonds. The number of hydrogen-bond acceptors (Lipinski definition) is 3. The molecule has 1 N–H and O–H groups in total. The Hall–Kier alpha value is -1.43. The summed E-state index contributed by atoms with van der Waals surface area (Å²) >= 11 is 1.49. The number of carboxylic acids is 1. The van der Waals surface area contributed by atoms with Gasteiger partial charge in [0.15, 0.2) is 0 Å². The van der Waals surface area contributed by atoms with Gasteiger partial charge >= 0.3 is 5.97 Å². The predicted molar refractivity (Wildman–Crippen MR) is 67.6 cm³/mol. The molecular weight excluding hydrogens is 252 g/mol. The van der Waals surface area contributed by atoms with Gasteiger partial charge in [-0.3, -0.25) is 4.79 Å². The van der Waals surface area contributed by atoms with Crippen LogP contribution < -0.4 is 0 Å². The van der Waals surface area contributed by atoms with Gasteiger partial charge in [0.25, 0.3) is 5.91 Å². The molecule has 0 bridgehead atoms. The zero-order valence-corrected chi connectivity index (χ0v) is 10.6. The predicted octanol–water partition coefficient (Wildman–Crippen LogP) is 1.42. The summed E-state index contributed by atoms with van der Waals surface area (Å²) in [5.41, 5.74) is 0.617. The van der Waals surface area contributed by atoms with E-state index in [-0.39, 0.29) is 5.91 Å². The Labute approximate surface area is 109 Å². The van der Waals surface area contributed by atoms with Crippen molar-refractivity contribution in [3.63, 3.8) is 0 Å². The van der Waals surface area contributed by atoms with Crippen molar-refractivity contribution >= 4 is 23.6 Å². The highest BCUT2D eigenvalue weighted by atomic mass is 32.2. The van der Waals surface area contributed by atoms with Crippen molar-refractivity contribution in [2.75, 3.05) is 11.6 Å². The standard InChI is InChI=1S/C12H14N2O3S/c15-11(14-7-18-6-10(14)12(16)17)9-2-1-5-13(9)8-3-4-8/h1-2,5,8,10H,3-4,6-7H2,(H,16,17)/t10-/m0/s1. The van der Waals surface area contributed by atoms with Crippen LogP contribution in [0.5, 0.6) is 0 Å². The number of thioether (sulfide) groups is 1. The highest BCUT2D eigenvalue weighted by Gasteiger charge is 2.37. The van der Waals surface area contributed by atoms with Gasteiger partial charge in [-0.25, -0.2) is 4.79 Å². The number of hydrogen-bond donors (Lipinski definition) is 1. The third-order valence-electron chi connectivity index (χ3n) is 3.37. The first kappa shape index (κ1) is 11.6. The molecule has 18 heavy (non-hydrogen) atoms. The molecule has 1 atom stereocenters. The summed E-state index contributed by atoms with van der Waals surface area (Å²) in [5, 5.41) is 9.11. The molecule has 1 saturated heterocycles. The van der Waals surface area contributed by atoms with E-state index in [1.165, 1.54) is 16.7 Å². The van der Waals surface area contributed by atoms with Crippen molar-refractivity contribution in [1.82, 2.24) is 9.47 Å². The molecule has 1 aliphatic heterocycles. The van der Waals surface area contributed by atoms with Gasteiger partial charge in [0.05, 0.1) is 5.88 Å². The first-order valence-electron chi connectivity index (χ1n) is 5.97. The molecule has 6 heteroatoms. The molecule has 0 spiro atoms.